The van der Waals surface area contributed by atoms with Gasteiger partial charge >= 0.3 is 0 Å². The van der Waals surface area contributed by atoms with Crippen LogP contribution in [0.25, 0.3) is 10.9 Å². The lowest BCUT2D eigenvalue weighted by Crippen LogP contribution is -2.30. The number of anilines is 1. The molecule has 0 aliphatic carbocycles. The van der Waals surface area contributed by atoms with E-state index in [-0.39, 0.29) is 11.5 Å². The van der Waals surface area contributed by atoms with Gasteiger partial charge in [0, 0.05) is 28.4 Å². The Hall–Kier alpha value is -4.08. The number of benzene rings is 3. The summed E-state index contributed by atoms with van der Waals surface area (Å²) in [4.78, 5) is 31.8. The van der Waals surface area contributed by atoms with Crippen LogP contribution >= 0.6 is 11.8 Å². The zero-order valence-corrected chi connectivity index (χ0v) is 19.3. The van der Waals surface area contributed by atoms with Crippen molar-refractivity contribution in [3.8, 4) is 6.07 Å². The van der Waals surface area contributed by atoms with Crippen LogP contribution in [-0.2, 0) is 11.2 Å². The normalized spacial score (nSPS) is 17.1. The number of hydrogen-bond acceptors (Lipinski definition) is 4. The van der Waals surface area contributed by atoms with E-state index in [4.69, 9.17) is 0 Å². The molecule has 166 valence electrons. The third kappa shape index (κ3) is 3.91. The molecule has 0 spiro atoms. The summed E-state index contributed by atoms with van der Waals surface area (Å²) in [7, 11) is 0. The summed E-state index contributed by atoms with van der Waals surface area (Å²) in [5.74, 6) is -0.528. The number of nitriles is 1. The highest BCUT2D eigenvalue weighted by Gasteiger charge is 2.41. The van der Waals surface area contributed by atoms with Gasteiger partial charge in [0.25, 0.3) is 0 Å². The number of hydrogen-bond donors (Lipinski definition) is 1. The Morgan fingerprint density at radius 1 is 1.06 bits per heavy atom. The second-order valence-electron chi connectivity index (χ2n) is 8.18. The first kappa shape index (κ1) is 21.7. The smallest absolute Gasteiger partial charge is 0.245 e. The van der Waals surface area contributed by atoms with Gasteiger partial charge in [-0.05, 0) is 37.1 Å². The molecule has 34 heavy (non-hydrogen) atoms. The number of ketones is 1. The highest BCUT2D eigenvalue weighted by atomic mass is 32.2. The van der Waals surface area contributed by atoms with Crippen LogP contribution in [0.15, 0.2) is 95.7 Å². The number of nitrogens with one attached hydrogen (secondary N) is 1. The van der Waals surface area contributed by atoms with Crippen molar-refractivity contribution in [2.45, 2.75) is 18.6 Å². The topological polar surface area (TPSA) is 77.0 Å². The lowest BCUT2D eigenvalue weighted by molar-refractivity contribution is -0.117. The average molecular weight is 464 g/mol. The Labute approximate surface area is 201 Å². The molecule has 5 nitrogen and oxygen atoms in total. The van der Waals surface area contributed by atoms with Gasteiger partial charge in [-0.15, -0.1) is 0 Å². The number of rotatable bonds is 5. The van der Waals surface area contributed by atoms with Crippen molar-refractivity contribution in [2.75, 3.05) is 4.90 Å². The second kappa shape index (κ2) is 9.05. The molecule has 4 aromatic rings. The molecule has 0 radical (unpaired) electrons. The molecule has 1 amide bonds. The van der Waals surface area contributed by atoms with Gasteiger partial charge in [0.05, 0.1) is 5.25 Å². The Morgan fingerprint density at radius 3 is 2.59 bits per heavy atom. The van der Waals surface area contributed by atoms with Crippen molar-refractivity contribution in [2.24, 2.45) is 0 Å². The number of amides is 1. The number of H-pyrrole nitrogens is 1. The number of thioether (sulfide) groups is 1. The number of para-hydroxylation sites is 2. The fraction of sp³-hybridized carbons (Fsp3) is 0.107. The molecule has 0 unspecified atom stereocenters. The quantitative estimate of drug-likeness (QED) is 0.231. The standard InChI is InChI=1S/C28H21N3O2S/c1-18-8-7-9-19(14-18)15-25-27(33)31(20-10-3-2-4-11-20)28(34-25)22(16-29)26(32)23-17-30-24-13-6-5-12-21(23)24/h2-14,17,25,30H,15H2,1H3/b28-22-/t25-/m0/s1. The molecule has 2 heterocycles. The van der Waals surface area contributed by atoms with E-state index in [0.717, 1.165) is 22.0 Å². The number of allylic oxidation sites excluding steroid dienone is 1. The Bertz CT molecular complexity index is 1480. The largest absolute Gasteiger partial charge is 0.360 e. The fourth-order valence-electron chi connectivity index (χ4n) is 4.25. The Kier molecular flexibility index (Phi) is 5.79. The van der Waals surface area contributed by atoms with E-state index in [9.17, 15) is 14.9 Å². The van der Waals surface area contributed by atoms with E-state index >= 15 is 0 Å². The minimum absolute atomic E-state index is 0.0290. The minimum Gasteiger partial charge on any atom is -0.360 e. The fourth-order valence-corrected chi connectivity index (χ4v) is 5.55. The van der Waals surface area contributed by atoms with Crippen LogP contribution in [0.3, 0.4) is 0 Å². The summed E-state index contributed by atoms with van der Waals surface area (Å²) >= 11 is 1.29. The van der Waals surface area contributed by atoms with E-state index in [2.05, 4.69) is 17.1 Å². The van der Waals surface area contributed by atoms with Gasteiger partial charge in [0.15, 0.2) is 0 Å². The maximum Gasteiger partial charge on any atom is 0.245 e. The van der Waals surface area contributed by atoms with Crippen LogP contribution in [0.4, 0.5) is 5.69 Å². The zero-order valence-electron chi connectivity index (χ0n) is 18.5. The number of carbonyl (C=O) groups excluding carboxylic acids is 2. The zero-order chi connectivity index (χ0) is 23.7. The molecule has 1 N–H and O–H groups in total. The van der Waals surface area contributed by atoms with Crippen molar-refractivity contribution in [1.29, 1.82) is 5.26 Å². The van der Waals surface area contributed by atoms with Crippen LogP contribution < -0.4 is 4.90 Å². The van der Waals surface area contributed by atoms with Gasteiger partial charge in [-0.3, -0.25) is 14.5 Å². The maximum atomic E-state index is 13.6. The predicted octanol–water partition coefficient (Wildman–Crippen LogP) is 5.79. The number of fused-ring (bicyclic) bond motifs is 1. The molecule has 1 aliphatic heterocycles. The van der Waals surface area contributed by atoms with Gasteiger partial charge in [-0.2, -0.15) is 5.26 Å². The lowest BCUT2D eigenvalue weighted by atomic mass is 10.0. The van der Waals surface area contributed by atoms with Gasteiger partial charge in [0.2, 0.25) is 11.7 Å². The van der Waals surface area contributed by atoms with Gasteiger partial charge < -0.3 is 4.98 Å². The van der Waals surface area contributed by atoms with Gasteiger partial charge in [-0.1, -0.05) is 78.0 Å². The Morgan fingerprint density at radius 2 is 1.82 bits per heavy atom. The third-order valence-corrected chi connectivity index (χ3v) is 7.12. The third-order valence-electron chi connectivity index (χ3n) is 5.86. The van der Waals surface area contributed by atoms with Crippen LogP contribution in [0.1, 0.15) is 21.5 Å². The maximum absolute atomic E-state index is 13.6. The number of aryl methyl sites for hydroxylation is 1. The molecule has 0 saturated carbocycles. The van der Waals surface area contributed by atoms with Crippen molar-refractivity contribution >= 4 is 40.0 Å². The first-order valence-corrected chi connectivity index (χ1v) is 11.8. The number of aromatic amines is 1. The summed E-state index contributed by atoms with van der Waals surface area (Å²) in [6.07, 6.45) is 2.14. The number of nitrogens with zero attached hydrogens (tertiary/aromatic N) is 2. The van der Waals surface area contributed by atoms with Crippen LogP contribution in [0.5, 0.6) is 0 Å². The van der Waals surface area contributed by atoms with Crippen LogP contribution in [0.2, 0.25) is 0 Å². The molecular formula is C28H21N3O2S. The first-order valence-electron chi connectivity index (χ1n) is 10.9. The molecule has 1 saturated heterocycles. The first-order chi connectivity index (χ1) is 16.6. The Balaban J connectivity index is 1.60. The monoisotopic (exact) mass is 463 g/mol. The molecule has 0 bridgehead atoms. The van der Waals surface area contributed by atoms with Crippen molar-refractivity contribution < 1.29 is 9.59 Å². The van der Waals surface area contributed by atoms with Crippen LogP contribution in [0, 0.1) is 18.3 Å². The van der Waals surface area contributed by atoms with Gasteiger partial charge in [0.1, 0.15) is 16.7 Å². The minimum atomic E-state index is -0.434. The SMILES string of the molecule is Cc1cccc(C[C@@H]2S/C(=C(/C#N)C(=O)c3c[nH]c4ccccc34)N(c3ccccc3)C2=O)c1. The number of aromatic nitrogens is 1. The molecule has 6 heteroatoms. The van der Waals surface area contributed by atoms with E-state index < -0.39 is 11.0 Å². The van der Waals surface area contributed by atoms with Crippen molar-refractivity contribution in [3.05, 3.63) is 112 Å². The predicted molar refractivity (Wildman–Crippen MR) is 135 cm³/mol. The highest BCUT2D eigenvalue weighted by molar-refractivity contribution is 8.05. The number of carbonyl (C=O) groups is 2. The second-order valence-corrected chi connectivity index (χ2v) is 9.37. The molecule has 1 aliphatic rings. The molecule has 1 fully saturated rings. The molecule has 1 atom stereocenters. The van der Waals surface area contributed by atoms with Crippen molar-refractivity contribution in [1.82, 2.24) is 4.98 Å². The lowest BCUT2D eigenvalue weighted by Gasteiger charge is -2.18. The van der Waals surface area contributed by atoms with Crippen LogP contribution in [-0.4, -0.2) is 21.9 Å². The molecule has 5 rings (SSSR count). The van der Waals surface area contributed by atoms with E-state index in [1.54, 1.807) is 6.20 Å². The van der Waals surface area contributed by atoms with E-state index in [0.29, 0.717) is 22.7 Å². The van der Waals surface area contributed by atoms with Crippen molar-refractivity contribution in [3.63, 3.8) is 0 Å². The molecule has 1 aromatic heterocycles. The highest BCUT2D eigenvalue weighted by Crippen LogP contribution is 2.42. The number of Topliss-reactive ketones (excluding diaryl/α,β-unsaturated/α-hetero) is 1. The summed E-state index contributed by atoms with van der Waals surface area (Å²) in [5, 5.41) is 10.8. The van der Waals surface area contributed by atoms with E-state index in [1.807, 2.05) is 79.7 Å². The average Bonchev–Trinajstić information content (AvgIpc) is 3.42. The summed E-state index contributed by atoms with van der Waals surface area (Å²) in [6, 6.07) is 26.8. The summed E-state index contributed by atoms with van der Waals surface area (Å²) < 4.78 is 0. The molecular weight excluding hydrogens is 442 g/mol. The molecule has 3 aromatic carbocycles. The van der Waals surface area contributed by atoms with E-state index in [1.165, 1.54) is 16.7 Å². The summed E-state index contributed by atoms with van der Waals surface area (Å²) in [5.41, 5.74) is 4.01. The summed E-state index contributed by atoms with van der Waals surface area (Å²) in [6.45, 7) is 2.02. The van der Waals surface area contributed by atoms with Gasteiger partial charge in [-0.25, -0.2) is 0 Å².